The van der Waals surface area contributed by atoms with Crippen molar-refractivity contribution in [2.45, 2.75) is 6.54 Å². The third-order valence-corrected chi connectivity index (χ3v) is 3.49. The molecule has 0 radical (unpaired) electrons. The molecule has 1 aliphatic rings. The molecule has 2 aromatic rings. The molecule has 0 aliphatic carbocycles. The molecule has 1 aliphatic heterocycles. The van der Waals surface area contributed by atoms with Crippen molar-refractivity contribution in [1.29, 1.82) is 0 Å². The Kier molecular flexibility index (Phi) is 3.48. The number of hydrogen-bond donors (Lipinski definition) is 1. The third-order valence-electron chi connectivity index (χ3n) is 3.49. The SMILES string of the molecule is Nc1ccc(F)cc1CN1CCOc2ccccc2C1=O. The average molecular weight is 286 g/mol. The van der Waals surface area contributed by atoms with Gasteiger partial charge in [-0.15, -0.1) is 0 Å². The van der Waals surface area contributed by atoms with Crippen molar-refractivity contribution >= 4 is 11.6 Å². The number of fused-ring (bicyclic) bond motifs is 1. The summed E-state index contributed by atoms with van der Waals surface area (Å²) in [5, 5.41) is 0. The van der Waals surface area contributed by atoms with Gasteiger partial charge in [0.15, 0.2) is 0 Å². The van der Waals surface area contributed by atoms with E-state index in [1.165, 1.54) is 18.2 Å². The predicted molar refractivity (Wildman–Crippen MR) is 77.5 cm³/mol. The highest BCUT2D eigenvalue weighted by molar-refractivity contribution is 5.97. The first-order chi connectivity index (χ1) is 10.1. The molecular formula is C16H15FN2O2. The Morgan fingerprint density at radius 1 is 1.24 bits per heavy atom. The molecule has 0 saturated heterocycles. The first kappa shape index (κ1) is 13.4. The quantitative estimate of drug-likeness (QED) is 0.863. The Hall–Kier alpha value is -2.56. The van der Waals surface area contributed by atoms with E-state index in [-0.39, 0.29) is 18.3 Å². The predicted octanol–water partition coefficient (Wildman–Crippen LogP) is 2.44. The molecular weight excluding hydrogens is 271 g/mol. The number of para-hydroxylation sites is 1. The van der Waals surface area contributed by atoms with Crippen molar-refractivity contribution in [3.8, 4) is 5.75 Å². The fraction of sp³-hybridized carbons (Fsp3) is 0.188. The molecule has 1 amide bonds. The number of ether oxygens (including phenoxy) is 1. The number of halogens is 1. The van der Waals surface area contributed by atoms with Crippen LogP contribution in [0.25, 0.3) is 0 Å². The Balaban J connectivity index is 1.89. The zero-order chi connectivity index (χ0) is 14.8. The van der Waals surface area contributed by atoms with E-state index in [1.807, 2.05) is 6.07 Å². The lowest BCUT2D eigenvalue weighted by atomic mass is 10.1. The van der Waals surface area contributed by atoms with Gasteiger partial charge < -0.3 is 15.4 Å². The minimum Gasteiger partial charge on any atom is -0.491 e. The molecule has 0 spiro atoms. The highest BCUT2D eigenvalue weighted by atomic mass is 19.1. The number of carbonyl (C=O) groups is 1. The maximum absolute atomic E-state index is 13.3. The lowest BCUT2D eigenvalue weighted by Gasteiger charge is -2.21. The van der Waals surface area contributed by atoms with Crippen LogP contribution in [0, 0.1) is 5.82 Å². The van der Waals surface area contributed by atoms with Crippen LogP contribution in [0.2, 0.25) is 0 Å². The Bertz CT molecular complexity index is 688. The maximum atomic E-state index is 13.3. The summed E-state index contributed by atoms with van der Waals surface area (Å²) in [6.45, 7) is 1.10. The van der Waals surface area contributed by atoms with Crippen molar-refractivity contribution < 1.29 is 13.9 Å². The van der Waals surface area contributed by atoms with Gasteiger partial charge in [-0.05, 0) is 35.9 Å². The van der Waals surface area contributed by atoms with Crippen molar-refractivity contribution in [3.05, 3.63) is 59.4 Å². The third kappa shape index (κ3) is 2.67. The topological polar surface area (TPSA) is 55.6 Å². The number of nitrogen functional groups attached to an aromatic ring is 1. The van der Waals surface area contributed by atoms with Gasteiger partial charge in [0, 0.05) is 12.2 Å². The first-order valence-corrected chi connectivity index (χ1v) is 6.70. The Morgan fingerprint density at radius 2 is 2.05 bits per heavy atom. The molecule has 0 aromatic heterocycles. The molecule has 2 N–H and O–H groups in total. The molecule has 3 rings (SSSR count). The first-order valence-electron chi connectivity index (χ1n) is 6.70. The summed E-state index contributed by atoms with van der Waals surface area (Å²) in [5.74, 6) is 0.0853. The van der Waals surface area contributed by atoms with E-state index in [1.54, 1.807) is 23.1 Å². The van der Waals surface area contributed by atoms with Crippen LogP contribution in [0.3, 0.4) is 0 Å². The summed E-state index contributed by atoms with van der Waals surface area (Å²) >= 11 is 0. The van der Waals surface area contributed by atoms with E-state index in [0.717, 1.165) is 0 Å². The summed E-state index contributed by atoms with van der Waals surface area (Å²) < 4.78 is 18.9. The minimum absolute atomic E-state index is 0.133. The fourth-order valence-corrected chi connectivity index (χ4v) is 2.37. The molecule has 2 aromatic carbocycles. The molecule has 0 atom stereocenters. The van der Waals surface area contributed by atoms with Gasteiger partial charge in [-0.1, -0.05) is 12.1 Å². The molecule has 0 bridgehead atoms. The lowest BCUT2D eigenvalue weighted by Crippen LogP contribution is -2.32. The summed E-state index contributed by atoms with van der Waals surface area (Å²) in [4.78, 5) is 14.2. The van der Waals surface area contributed by atoms with Crippen molar-refractivity contribution in [3.63, 3.8) is 0 Å². The number of carbonyl (C=O) groups excluding carboxylic acids is 1. The number of rotatable bonds is 2. The van der Waals surface area contributed by atoms with Gasteiger partial charge in [0.2, 0.25) is 0 Å². The highest BCUT2D eigenvalue weighted by Crippen LogP contribution is 2.24. The number of hydrogen-bond acceptors (Lipinski definition) is 3. The van der Waals surface area contributed by atoms with Gasteiger partial charge in [-0.2, -0.15) is 0 Å². The maximum Gasteiger partial charge on any atom is 0.258 e. The number of nitrogens with zero attached hydrogens (tertiary/aromatic N) is 1. The van der Waals surface area contributed by atoms with Crippen LogP contribution >= 0.6 is 0 Å². The average Bonchev–Trinajstić information content (AvgIpc) is 2.64. The van der Waals surface area contributed by atoms with Crippen LogP contribution in [-0.2, 0) is 6.54 Å². The van der Waals surface area contributed by atoms with E-state index >= 15 is 0 Å². The summed E-state index contributed by atoms with van der Waals surface area (Å²) in [6.07, 6.45) is 0. The number of nitrogens with two attached hydrogens (primary N) is 1. The largest absolute Gasteiger partial charge is 0.491 e. The van der Waals surface area contributed by atoms with Crippen LogP contribution in [0.1, 0.15) is 15.9 Å². The normalized spacial score (nSPS) is 14.3. The van der Waals surface area contributed by atoms with Gasteiger partial charge in [0.25, 0.3) is 5.91 Å². The molecule has 0 fully saturated rings. The second-order valence-electron chi connectivity index (χ2n) is 4.91. The van der Waals surface area contributed by atoms with E-state index in [9.17, 15) is 9.18 Å². The second kappa shape index (κ2) is 5.44. The van der Waals surface area contributed by atoms with Gasteiger partial charge in [-0.25, -0.2) is 4.39 Å². The second-order valence-corrected chi connectivity index (χ2v) is 4.91. The lowest BCUT2D eigenvalue weighted by molar-refractivity contribution is 0.0743. The van der Waals surface area contributed by atoms with Crippen LogP contribution < -0.4 is 10.5 Å². The zero-order valence-corrected chi connectivity index (χ0v) is 11.4. The summed E-state index contributed by atoms with van der Waals surface area (Å²) in [7, 11) is 0. The van der Waals surface area contributed by atoms with Crippen molar-refractivity contribution in [2.75, 3.05) is 18.9 Å². The van der Waals surface area contributed by atoms with E-state index < -0.39 is 0 Å². The van der Waals surface area contributed by atoms with Gasteiger partial charge >= 0.3 is 0 Å². The zero-order valence-electron chi connectivity index (χ0n) is 11.4. The van der Waals surface area contributed by atoms with Crippen LogP contribution in [-0.4, -0.2) is 24.0 Å². The minimum atomic E-state index is -0.363. The van der Waals surface area contributed by atoms with Gasteiger partial charge in [0.1, 0.15) is 18.2 Å². The highest BCUT2D eigenvalue weighted by Gasteiger charge is 2.23. The summed E-state index contributed by atoms with van der Waals surface area (Å²) in [6, 6.07) is 11.3. The molecule has 4 nitrogen and oxygen atoms in total. The van der Waals surface area contributed by atoms with E-state index in [0.29, 0.717) is 35.7 Å². The molecule has 5 heteroatoms. The number of amides is 1. The molecule has 1 heterocycles. The van der Waals surface area contributed by atoms with Crippen molar-refractivity contribution in [2.24, 2.45) is 0 Å². The van der Waals surface area contributed by atoms with Gasteiger partial charge in [-0.3, -0.25) is 4.79 Å². The van der Waals surface area contributed by atoms with Crippen LogP contribution in [0.15, 0.2) is 42.5 Å². The molecule has 0 unspecified atom stereocenters. The van der Waals surface area contributed by atoms with Crippen LogP contribution in [0.5, 0.6) is 5.75 Å². The fourth-order valence-electron chi connectivity index (χ4n) is 2.37. The smallest absolute Gasteiger partial charge is 0.258 e. The summed E-state index contributed by atoms with van der Waals surface area (Å²) in [5.41, 5.74) is 7.44. The molecule has 21 heavy (non-hydrogen) atoms. The van der Waals surface area contributed by atoms with Crippen molar-refractivity contribution in [1.82, 2.24) is 4.90 Å². The van der Waals surface area contributed by atoms with Gasteiger partial charge in [0.05, 0.1) is 12.1 Å². The van der Waals surface area contributed by atoms with E-state index in [2.05, 4.69) is 0 Å². The number of anilines is 1. The standard InChI is InChI=1S/C16H15FN2O2/c17-12-5-6-14(18)11(9-12)10-19-7-8-21-15-4-2-1-3-13(15)16(19)20/h1-6,9H,7-8,10,18H2. The van der Waals surface area contributed by atoms with E-state index in [4.69, 9.17) is 10.5 Å². The van der Waals surface area contributed by atoms with Crippen LogP contribution in [0.4, 0.5) is 10.1 Å². The molecule has 108 valence electrons. The Morgan fingerprint density at radius 3 is 2.90 bits per heavy atom. The monoisotopic (exact) mass is 286 g/mol. The number of benzene rings is 2. The Labute approximate surface area is 121 Å². The molecule has 0 saturated carbocycles.